The van der Waals surface area contributed by atoms with E-state index in [4.69, 9.17) is 4.74 Å². The van der Waals surface area contributed by atoms with Crippen molar-refractivity contribution in [2.75, 3.05) is 13.1 Å². The highest BCUT2D eigenvalue weighted by molar-refractivity contribution is 5.75. The molecule has 0 bridgehead atoms. The number of carbonyl (C=O) groups excluding carboxylic acids is 1. The van der Waals surface area contributed by atoms with Gasteiger partial charge in [0, 0.05) is 25.2 Å². The molecule has 2 amide bonds. The summed E-state index contributed by atoms with van der Waals surface area (Å²) in [7, 11) is 0. The van der Waals surface area contributed by atoms with Gasteiger partial charge >= 0.3 is 6.03 Å². The Morgan fingerprint density at radius 3 is 2.34 bits per heavy atom. The van der Waals surface area contributed by atoms with Gasteiger partial charge in [0.15, 0.2) is 0 Å². The Hall–Kier alpha value is -3.41. The molecule has 4 rings (SSSR count). The molecule has 0 unspecified atom stereocenters. The Bertz CT molecular complexity index is 910. The van der Waals surface area contributed by atoms with Crippen molar-refractivity contribution in [1.82, 2.24) is 20.2 Å². The molecule has 2 aromatic carbocycles. The predicted octanol–water partition coefficient (Wildman–Crippen LogP) is 3.74. The standard InChI is InChI=1S/C23H24N4O2/c1-17-24-14-12-21(25-17)29-20-13-15-27(16-20)23(28)26-22(18-8-4-2-5-9-18)19-10-6-3-7-11-19/h2-12,14,20,22H,13,15-16H2,1H3,(H,26,28)/t20-/m0/s1. The lowest BCUT2D eigenvalue weighted by Crippen LogP contribution is -2.41. The lowest BCUT2D eigenvalue weighted by atomic mass is 9.99. The summed E-state index contributed by atoms with van der Waals surface area (Å²) in [6, 6.07) is 21.5. The molecule has 0 spiro atoms. The van der Waals surface area contributed by atoms with E-state index in [0.29, 0.717) is 24.8 Å². The molecule has 29 heavy (non-hydrogen) atoms. The fourth-order valence-corrected chi connectivity index (χ4v) is 3.54. The van der Waals surface area contributed by atoms with Crippen LogP contribution in [0.3, 0.4) is 0 Å². The quantitative estimate of drug-likeness (QED) is 0.723. The van der Waals surface area contributed by atoms with Gasteiger partial charge in [-0.3, -0.25) is 0 Å². The van der Waals surface area contributed by atoms with Gasteiger partial charge in [0.1, 0.15) is 11.9 Å². The highest BCUT2D eigenvalue weighted by Crippen LogP contribution is 2.23. The Morgan fingerprint density at radius 2 is 1.72 bits per heavy atom. The van der Waals surface area contributed by atoms with Gasteiger partial charge in [0.05, 0.1) is 12.6 Å². The molecule has 1 aliphatic rings. The van der Waals surface area contributed by atoms with Crippen LogP contribution in [0.5, 0.6) is 5.88 Å². The molecule has 0 aliphatic carbocycles. The summed E-state index contributed by atoms with van der Waals surface area (Å²) < 4.78 is 5.94. The molecule has 1 fully saturated rings. The summed E-state index contributed by atoms with van der Waals surface area (Å²) in [4.78, 5) is 23.2. The maximum absolute atomic E-state index is 13.0. The molecule has 6 nitrogen and oxygen atoms in total. The second-order valence-corrected chi connectivity index (χ2v) is 7.12. The zero-order chi connectivity index (χ0) is 20.1. The average molecular weight is 388 g/mol. The number of aromatic nitrogens is 2. The topological polar surface area (TPSA) is 67.3 Å². The van der Waals surface area contributed by atoms with Crippen LogP contribution >= 0.6 is 0 Å². The van der Waals surface area contributed by atoms with Crippen LogP contribution in [0.1, 0.15) is 29.4 Å². The average Bonchev–Trinajstić information content (AvgIpc) is 3.22. The molecular formula is C23H24N4O2. The summed E-state index contributed by atoms with van der Waals surface area (Å²) in [5.41, 5.74) is 2.10. The smallest absolute Gasteiger partial charge is 0.318 e. The van der Waals surface area contributed by atoms with Crippen molar-refractivity contribution in [3.05, 3.63) is 89.9 Å². The van der Waals surface area contributed by atoms with E-state index >= 15 is 0 Å². The minimum absolute atomic E-state index is 0.0676. The fraction of sp³-hybridized carbons (Fsp3) is 0.261. The number of likely N-dealkylation sites (tertiary alicyclic amines) is 1. The minimum atomic E-state index is -0.200. The first-order valence-electron chi connectivity index (χ1n) is 9.80. The highest BCUT2D eigenvalue weighted by atomic mass is 16.5. The van der Waals surface area contributed by atoms with E-state index in [0.717, 1.165) is 17.5 Å². The van der Waals surface area contributed by atoms with Gasteiger partial charge in [-0.2, -0.15) is 4.98 Å². The van der Waals surface area contributed by atoms with Crippen molar-refractivity contribution in [3.63, 3.8) is 0 Å². The monoisotopic (exact) mass is 388 g/mol. The molecule has 1 atom stereocenters. The Kier molecular flexibility index (Phi) is 5.70. The molecular weight excluding hydrogens is 364 g/mol. The molecule has 3 aromatic rings. The lowest BCUT2D eigenvalue weighted by Gasteiger charge is -2.24. The van der Waals surface area contributed by atoms with Crippen LogP contribution in [-0.2, 0) is 0 Å². The molecule has 1 N–H and O–H groups in total. The van der Waals surface area contributed by atoms with E-state index in [1.807, 2.05) is 67.6 Å². The third-order valence-corrected chi connectivity index (χ3v) is 5.00. The number of nitrogens with one attached hydrogen (secondary N) is 1. The number of aryl methyl sites for hydroxylation is 1. The molecule has 6 heteroatoms. The van der Waals surface area contributed by atoms with E-state index in [1.54, 1.807) is 17.2 Å². The van der Waals surface area contributed by atoms with Gasteiger partial charge in [0.25, 0.3) is 0 Å². The molecule has 1 aromatic heterocycles. The summed E-state index contributed by atoms with van der Waals surface area (Å²) in [6.45, 7) is 3.01. The SMILES string of the molecule is Cc1nccc(O[C@H]2CCN(C(=O)NC(c3ccccc3)c3ccccc3)C2)n1. The van der Waals surface area contributed by atoms with Crippen LogP contribution in [0.25, 0.3) is 0 Å². The number of urea groups is 1. The zero-order valence-electron chi connectivity index (χ0n) is 16.4. The number of carbonyl (C=O) groups is 1. The van der Waals surface area contributed by atoms with Crippen molar-refractivity contribution in [2.45, 2.75) is 25.5 Å². The Labute approximate surface area is 170 Å². The van der Waals surface area contributed by atoms with E-state index in [2.05, 4.69) is 15.3 Å². The summed E-state index contributed by atoms with van der Waals surface area (Å²) in [5.74, 6) is 1.22. The van der Waals surface area contributed by atoms with Crippen molar-refractivity contribution in [1.29, 1.82) is 0 Å². The van der Waals surface area contributed by atoms with E-state index in [-0.39, 0.29) is 18.2 Å². The zero-order valence-corrected chi connectivity index (χ0v) is 16.4. The molecule has 0 radical (unpaired) electrons. The van der Waals surface area contributed by atoms with Crippen LogP contribution in [-0.4, -0.2) is 40.1 Å². The number of hydrogen-bond donors (Lipinski definition) is 1. The first-order chi connectivity index (χ1) is 14.2. The number of ether oxygens (including phenoxy) is 1. The third kappa shape index (κ3) is 4.71. The minimum Gasteiger partial charge on any atom is -0.472 e. The number of benzene rings is 2. The molecule has 2 heterocycles. The van der Waals surface area contributed by atoms with Crippen LogP contribution in [0.2, 0.25) is 0 Å². The molecule has 148 valence electrons. The second kappa shape index (κ2) is 8.73. The summed E-state index contributed by atoms with van der Waals surface area (Å²) in [5, 5.41) is 3.19. The Morgan fingerprint density at radius 1 is 1.07 bits per heavy atom. The largest absolute Gasteiger partial charge is 0.472 e. The van der Waals surface area contributed by atoms with Gasteiger partial charge in [-0.15, -0.1) is 0 Å². The van der Waals surface area contributed by atoms with E-state index in [1.165, 1.54) is 0 Å². The van der Waals surface area contributed by atoms with Crippen molar-refractivity contribution in [3.8, 4) is 5.88 Å². The van der Waals surface area contributed by atoms with Crippen molar-refractivity contribution in [2.24, 2.45) is 0 Å². The van der Waals surface area contributed by atoms with Crippen LogP contribution < -0.4 is 10.1 Å². The van der Waals surface area contributed by atoms with Gasteiger partial charge in [0.2, 0.25) is 5.88 Å². The Balaban J connectivity index is 1.43. The second-order valence-electron chi connectivity index (χ2n) is 7.12. The number of amides is 2. The number of nitrogens with zero attached hydrogens (tertiary/aromatic N) is 3. The summed E-state index contributed by atoms with van der Waals surface area (Å²) >= 11 is 0. The van der Waals surface area contributed by atoms with Crippen molar-refractivity contribution < 1.29 is 9.53 Å². The van der Waals surface area contributed by atoms with E-state index < -0.39 is 0 Å². The number of rotatable bonds is 5. The molecule has 1 saturated heterocycles. The normalized spacial score (nSPS) is 16.1. The van der Waals surface area contributed by atoms with Crippen LogP contribution in [0, 0.1) is 6.92 Å². The fourth-order valence-electron chi connectivity index (χ4n) is 3.54. The highest BCUT2D eigenvalue weighted by Gasteiger charge is 2.29. The van der Waals surface area contributed by atoms with Gasteiger partial charge in [-0.25, -0.2) is 9.78 Å². The van der Waals surface area contributed by atoms with Crippen molar-refractivity contribution >= 4 is 6.03 Å². The molecule has 1 aliphatic heterocycles. The van der Waals surface area contributed by atoms with Gasteiger partial charge in [-0.1, -0.05) is 60.7 Å². The van der Waals surface area contributed by atoms with Crippen LogP contribution in [0.4, 0.5) is 4.79 Å². The lowest BCUT2D eigenvalue weighted by molar-refractivity contribution is 0.181. The third-order valence-electron chi connectivity index (χ3n) is 5.00. The molecule has 0 saturated carbocycles. The van der Waals surface area contributed by atoms with Gasteiger partial charge < -0.3 is 15.0 Å². The van der Waals surface area contributed by atoms with E-state index in [9.17, 15) is 4.79 Å². The predicted molar refractivity (Wildman–Crippen MR) is 111 cm³/mol. The maximum Gasteiger partial charge on any atom is 0.318 e. The van der Waals surface area contributed by atoms with Crippen LogP contribution in [0.15, 0.2) is 72.9 Å². The summed E-state index contributed by atoms with van der Waals surface area (Å²) in [6.07, 6.45) is 2.39. The first kappa shape index (κ1) is 18.9. The van der Waals surface area contributed by atoms with Gasteiger partial charge in [-0.05, 0) is 18.1 Å². The first-order valence-corrected chi connectivity index (χ1v) is 9.80. The maximum atomic E-state index is 13.0. The number of hydrogen-bond acceptors (Lipinski definition) is 4.